The number of hydrogen-bond acceptors (Lipinski definition) is 2. The Hall–Kier alpha value is -0.520. The lowest BCUT2D eigenvalue weighted by Gasteiger charge is -2.18. The predicted octanol–water partition coefficient (Wildman–Crippen LogP) is 6.02. The van der Waals surface area contributed by atoms with Crippen LogP contribution in [0.15, 0.2) is 39.3 Å². The molecule has 0 amide bonds. The van der Waals surface area contributed by atoms with Crippen molar-refractivity contribution in [3.63, 3.8) is 0 Å². The first-order valence-corrected chi connectivity index (χ1v) is 8.79. The molecule has 0 saturated carbocycles. The summed E-state index contributed by atoms with van der Waals surface area (Å²) < 4.78 is 12.8. The highest BCUT2D eigenvalue weighted by Gasteiger charge is 2.19. The molecule has 0 aliphatic carbocycles. The Morgan fingerprint density at radius 3 is 2.14 bits per heavy atom. The quantitative estimate of drug-likeness (QED) is 0.500. The van der Waals surface area contributed by atoms with Crippen LogP contribution in [0.4, 0.5) is 0 Å². The molecule has 0 aliphatic rings. The normalized spacial score (nSPS) is 12.1. The van der Waals surface area contributed by atoms with Crippen molar-refractivity contribution in [2.45, 2.75) is 11.8 Å². The summed E-state index contributed by atoms with van der Waals surface area (Å²) in [6.07, 6.45) is 0. The third-order valence-corrected chi connectivity index (χ3v) is 5.46. The summed E-state index contributed by atoms with van der Waals surface area (Å²) in [5, 5.41) is 0. The van der Waals surface area contributed by atoms with E-state index < -0.39 is 0 Å². The highest BCUT2D eigenvalue weighted by molar-refractivity contribution is 9.11. The van der Waals surface area contributed by atoms with Crippen LogP contribution >= 0.6 is 47.8 Å². The molecule has 0 N–H and O–H groups in total. The molecule has 2 aromatic carbocycles. The average Bonchev–Trinajstić information content (AvgIpc) is 2.48. The van der Waals surface area contributed by atoms with Gasteiger partial charge in [0.25, 0.3) is 0 Å². The summed E-state index contributed by atoms with van der Waals surface area (Å²) >= 11 is 10.9. The lowest BCUT2D eigenvalue weighted by atomic mass is 10.00. The first kappa shape index (κ1) is 16.8. The zero-order valence-corrected chi connectivity index (χ0v) is 16.7. The molecule has 0 saturated heterocycles. The number of ether oxygens (including phenoxy) is 2. The van der Waals surface area contributed by atoms with Crippen LogP contribution in [0.3, 0.4) is 0 Å². The van der Waals surface area contributed by atoms with E-state index >= 15 is 0 Å². The first-order chi connectivity index (χ1) is 9.97. The van der Waals surface area contributed by atoms with E-state index in [4.69, 9.17) is 9.47 Å². The van der Waals surface area contributed by atoms with Gasteiger partial charge in [0.1, 0.15) is 0 Å². The molecule has 2 aromatic rings. The molecule has 0 aromatic heterocycles. The van der Waals surface area contributed by atoms with Crippen LogP contribution in [0.5, 0.6) is 11.5 Å². The van der Waals surface area contributed by atoms with Crippen LogP contribution in [0.2, 0.25) is 0 Å². The van der Waals surface area contributed by atoms with Gasteiger partial charge in [-0.1, -0.05) is 53.9 Å². The van der Waals surface area contributed by atoms with E-state index in [0.717, 1.165) is 14.5 Å². The molecular formula is C16H15Br3O2. The standard InChI is InChI=1S/C16H15Br3O2/c1-9-4-5-10(17)6-11(9)16(19)12-7-14(20-2)15(21-3)8-13(12)18/h4-8,16H,1-3H3. The summed E-state index contributed by atoms with van der Waals surface area (Å²) in [5.41, 5.74) is 3.52. The predicted molar refractivity (Wildman–Crippen MR) is 96.9 cm³/mol. The lowest BCUT2D eigenvalue weighted by molar-refractivity contribution is 0.354. The molecule has 0 heterocycles. The third kappa shape index (κ3) is 3.63. The number of aryl methyl sites for hydroxylation is 1. The van der Waals surface area contributed by atoms with Crippen LogP contribution in [-0.2, 0) is 0 Å². The molecule has 0 spiro atoms. The lowest BCUT2D eigenvalue weighted by Crippen LogP contribution is -1.99. The highest BCUT2D eigenvalue weighted by atomic mass is 79.9. The van der Waals surface area contributed by atoms with Gasteiger partial charge >= 0.3 is 0 Å². The first-order valence-electron chi connectivity index (χ1n) is 6.29. The molecule has 0 fully saturated rings. The number of rotatable bonds is 4. The summed E-state index contributed by atoms with van der Waals surface area (Å²) in [7, 11) is 3.27. The number of alkyl halides is 1. The van der Waals surface area contributed by atoms with E-state index in [-0.39, 0.29) is 4.83 Å². The minimum absolute atomic E-state index is 0.0594. The number of benzene rings is 2. The van der Waals surface area contributed by atoms with Crippen molar-refractivity contribution in [3.05, 3.63) is 56.0 Å². The van der Waals surface area contributed by atoms with Gasteiger partial charge in [0.2, 0.25) is 0 Å². The van der Waals surface area contributed by atoms with Crippen LogP contribution in [0.1, 0.15) is 21.5 Å². The SMILES string of the molecule is COc1cc(Br)c(C(Br)c2cc(Br)ccc2C)cc1OC. The third-order valence-electron chi connectivity index (χ3n) is 3.29. The Morgan fingerprint density at radius 1 is 0.905 bits per heavy atom. The van der Waals surface area contributed by atoms with E-state index in [1.54, 1.807) is 14.2 Å². The molecule has 1 unspecified atom stereocenters. The summed E-state index contributed by atoms with van der Waals surface area (Å²) in [6, 6.07) is 10.2. The Balaban J connectivity index is 2.52. The zero-order valence-electron chi connectivity index (χ0n) is 11.9. The fourth-order valence-electron chi connectivity index (χ4n) is 2.12. The molecule has 1 atom stereocenters. The molecule has 21 heavy (non-hydrogen) atoms. The Kier molecular flexibility index (Phi) is 5.74. The molecule has 112 valence electrons. The Morgan fingerprint density at radius 2 is 1.52 bits per heavy atom. The molecular weight excluding hydrogens is 464 g/mol. The molecule has 0 bridgehead atoms. The van der Waals surface area contributed by atoms with Gasteiger partial charge in [-0.3, -0.25) is 0 Å². The van der Waals surface area contributed by atoms with Crippen LogP contribution in [-0.4, -0.2) is 14.2 Å². The monoisotopic (exact) mass is 476 g/mol. The highest BCUT2D eigenvalue weighted by Crippen LogP contribution is 2.42. The van der Waals surface area contributed by atoms with Crippen molar-refractivity contribution in [1.82, 2.24) is 0 Å². The smallest absolute Gasteiger partial charge is 0.161 e. The van der Waals surface area contributed by atoms with Gasteiger partial charge in [0.15, 0.2) is 11.5 Å². The summed E-state index contributed by atoms with van der Waals surface area (Å²) in [6.45, 7) is 2.10. The fourth-order valence-corrected chi connectivity index (χ4v) is 4.23. The van der Waals surface area contributed by atoms with E-state index in [1.165, 1.54) is 11.1 Å². The van der Waals surface area contributed by atoms with Crippen LogP contribution < -0.4 is 9.47 Å². The van der Waals surface area contributed by atoms with Crippen molar-refractivity contribution in [1.29, 1.82) is 0 Å². The van der Waals surface area contributed by atoms with Gasteiger partial charge in [-0.15, -0.1) is 0 Å². The van der Waals surface area contributed by atoms with Gasteiger partial charge < -0.3 is 9.47 Å². The summed E-state index contributed by atoms with van der Waals surface area (Å²) in [5.74, 6) is 1.42. The maximum atomic E-state index is 5.40. The molecule has 0 aliphatic heterocycles. The zero-order chi connectivity index (χ0) is 15.6. The number of halogens is 3. The maximum Gasteiger partial charge on any atom is 0.161 e. The number of methoxy groups -OCH3 is 2. The fraction of sp³-hybridized carbons (Fsp3) is 0.250. The van der Waals surface area contributed by atoms with Gasteiger partial charge in [0, 0.05) is 8.95 Å². The van der Waals surface area contributed by atoms with Crippen molar-refractivity contribution in [2.75, 3.05) is 14.2 Å². The largest absolute Gasteiger partial charge is 0.493 e. The maximum absolute atomic E-state index is 5.40. The molecule has 2 rings (SSSR count). The Bertz CT molecular complexity index is 656. The van der Waals surface area contributed by atoms with Gasteiger partial charge in [-0.2, -0.15) is 0 Å². The second-order valence-electron chi connectivity index (χ2n) is 4.59. The van der Waals surface area contributed by atoms with E-state index in [0.29, 0.717) is 11.5 Å². The van der Waals surface area contributed by atoms with Crippen molar-refractivity contribution < 1.29 is 9.47 Å². The number of hydrogen-bond donors (Lipinski definition) is 0. The van der Waals surface area contributed by atoms with Crippen molar-refractivity contribution in [3.8, 4) is 11.5 Å². The average molecular weight is 479 g/mol. The van der Waals surface area contributed by atoms with Crippen LogP contribution in [0, 0.1) is 6.92 Å². The van der Waals surface area contributed by atoms with E-state index in [9.17, 15) is 0 Å². The second-order valence-corrected chi connectivity index (χ2v) is 7.28. The van der Waals surface area contributed by atoms with Gasteiger partial charge in [-0.05, 0) is 47.9 Å². The van der Waals surface area contributed by atoms with Gasteiger partial charge in [0.05, 0.1) is 19.0 Å². The van der Waals surface area contributed by atoms with Crippen molar-refractivity contribution in [2.24, 2.45) is 0 Å². The van der Waals surface area contributed by atoms with Gasteiger partial charge in [-0.25, -0.2) is 0 Å². The van der Waals surface area contributed by atoms with E-state index in [1.807, 2.05) is 18.2 Å². The second kappa shape index (κ2) is 7.16. The summed E-state index contributed by atoms with van der Waals surface area (Å²) in [4.78, 5) is 0.0594. The van der Waals surface area contributed by atoms with Crippen molar-refractivity contribution >= 4 is 47.8 Å². The van der Waals surface area contributed by atoms with E-state index in [2.05, 4.69) is 66.8 Å². The minimum Gasteiger partial charge on any atom is -0.493 e. The molecule has 5 heteroatoms. The topological polar surface area (TPSA) is 18.5 Å². The molecule has 0 radical (unpaired) electrons. The minimum atomic E-state index is 0.0594. The Labute approximate surface area is 150 Å². The van der Waals surface area contributed by atoms with Crippen LogP contribution in [0.25, 0.3) is 0 Å². The molecule has 2 nitrogen and oxygen atoms in total.